The van der Waals surface area contributed by atoms with Crippen LogP contribution in [0.25, 0.3) is 6.08 Å². The molecule has 2 aromatic carbocycles. The van der Waals surface area contributed by atoms with E-state index in [-0.39, 0.29) is 16.8 Å². The SMILES string of the molecule is COc1ccc(N2C(=O)C(=Cc3cc(OC)c(O)cc3Br)NC2=S)cc1. The first-order chi connectivity index (χ1) is 12.4. The lowest BCUT2D eigenvalue weighted by atomic mass is 10.1. The lowest BCUT2D eigenvalue weighted by molar-refractivity contribution is -0.113. The molecule has 2 N–H and O–H groups in total. The maximum Gasteiger partial charge on any atom is 0.281 e. The summed E-state index contributed by atoms with van der Waals surface area (Å²) in [6.07, 6.45) is 1.64. The minimum atomic E-state index is -0.279. The van der Waals surface area contributed by atoms with Gasteiger partial charge in [-0.2, -0.15) is 0 Å². The Morgan fingerprint density at radius 3 is 2.50 bits per heavy atom. The molecule has 3 rings (SSSR count). The Hall–Kier alpha value is -2.58. The Labute approximate surface area is 164 Å². The molecule has 1 heterocycles. The van der Waals surface area contributed by atoms with E-state index in [4.69, 9.17) is 21.7 Å². The smallest absolute Gasteiger partial charge is 0.281 e. The summed E-state index contributed by atoms with van der Waals surface area (Å²) < 4.78 is 10.9. The van der Waals surface area contributed by atoms with Gasteiger partial charge in [0.2, 0.25) is 0 Å². The van der Waals surface area contributed by atoms with E-state index in [9.17, 15) is 9.90 Å². The number of anilines is 1. The number of phenolic OH excluding ortho intramolecular Hbond substituents is 1. The van der Waals surface area contributed by atoms with E-state index in [1.54, 1.807) is 43.5 Å². The summed E-state index contributed by atoms with van der Waals surface area (Å²) in [6.45, 7) is 0. The summed E-state index contributed by atoms with van der Waals surface area (Å²) in [7, 11) is 3.03. The molecule has 0 bridgehead atoms. The van der Waals surface area contributed by atoms with Gasteiger partial charge in [0.1, 0.15) is 11.4 Å². The molecule has 0 aromatic heterocycles. The lowest BCUT2D eigenvalue weighted by Gasteiger charge is -2.14. The number of hydrogen-bond acceptors (Lipinski definition) is 5. The lowest BCUT2D eigenvalue weighted by Crippen LogP contribution is -2.30. The van der Waals surface area contributed by atoms with Gasteiger partial charge in [-0.25, -0.2) is 0 Å². The van der Waals surface area contributed by atoms with Crippen LogP contribution >= 0.6 is 28.1 Å². The number of rotatable bonds is 4. The summed E-state index contributed by atoms with van der Waals surface area (Å²) in [5.74, 6) is 0.719. The Kier molecular flexibility index (Phi) is 5.15. The van der Waals surface area contributed by atoms with E-state index < -0.39 is 0 Å². The molecular weight excluding hydrogens is 420 g/mol. The monoisotopic (exact) mass is 434 g/mol. The van der Waals surface area contributed by atoms with Crippen molar-refractivity contribution in [2.24, 2.45) is 0 Å². The Balaban J connectivity index is 1.94. The second-order valence-corrected chi connectivity index (χ2v) is 6.61. The molecular formula is C18H15BrN2O4S. The quantitative estimate of drug-likeness (QED) is 0.567. The van der Waals surface area contributed by atoms with E-state index in [1.807, 2.05) is 0 Å². The first-order valence-electron chi connectivity index (χ1n) is 7.52. The summed E-state index contributed by atoms with van der Waals surface area (Å²) in [5, 5.41) is 13.0. The minimum Gasteiger partial charge on any atom is -0.504 e. The van der Waals surface area contributed by atoms with Crippen LogP contribution in [0.15, 0.2) is 46.6 Å². The topological polar surface area (TPSA) is 71.0 Å². The van der Waals surface area contributed by atoms with Gasteiger partial charge < -0.3 is 19.9 Å². The second-order valence-electron chi connectivity index (χ2n) is 5.37. The van der Waals surface area contributed by atoms with Crippen LogP contribution in [0.4, 0.5) is 5.69 Å². The molecule has 0 aliphatic carbocycles. The highest BCUT2D eigenvalue weighted by Gasteiger charge is 2.32. The van der Waals surface area contributed by atoms with Crippen molar-refractivity contribution in [3.8, 4) is 17.2 Å². The zero-order chi connectivity index (χ0) is 18.8. The Morgan fingerprint density at radius 1 is 1.19 bits per heavy atom. The van der Waals surface area contributed by atoms with Crippen LogP contribution in [0.1, 0.15) is 5.56 Å². The van der Waals surface area contributed by atoms with Crippen molar-refractivity contribution in [3.63, 3.8) is 0 Å². The number of nitrogens with zero attached hydrogens (tertiary/aromatic N) is 1. The maximum atomic E-state index is 12.8. The fraction of sp³-hybridized carbons (Fsp3) is 0.111. The molecule has 1 aliphatic heterocycles. The summed E-state index contributed by atoms with van der Waals surface area (Å²) in [4.78, 5) is 14.2. The van der Waals surface area contributed by atoms with Crippen molar-refractivity contribution in [1.82, 2.24) is 5.32 Å². The van der Waals surface area contributed by atoms with Crippen molar-refractivity contribution in [3.05, 3.63) is 52.1 Å². The van der Waals surface area contributed by atoms with E-state index >= 15 is 0 Å². The van der Waals surface area contributed by atoms with Crippen molar-refractivity contribution >= 4 is 50.9 Å². The number of nitrogens with one attached hydrogen (secondary N) is 1. The van der Waals surface area contributed by atoms with Crippen LogP contribution in [0.3, 0.4) is 0 Å². The number of benzene rings is 2. The summed E-state index contributed by atoms with van der Waals surface area (Å²) >= 11 is 8.67. The zero-order valence-electron chi connectivity index (χ0n) is 13.9. The van der Waals surface area contributed by atoms with E-state index in [0.717, 1.165) is 0 Å². The molecule has 2 aromatic rings. The molecule has 134 valence electrons. The van der Waals surface area contributed by atoms with Gasteiger partial charge in [-0.15, -0.1) is 0 Å². The Bertz CT molecular complexity index is 912. The Morgan fingerprint density at radius 2 is 1.88 bits per heavy atom. The van der Waals surface area contributed by atoms with Crippen molar-refractivity contribution in [2.75, 3.05) is 19.1 Å². The van der Waals surface area contributed by atoms with Crippen molar-refractivity contribution < 1.29 is 19.4 Å². The van der Waals surface area contributed by atoms with Gasteiger partial charge in [0.25, 0.3) is 5.91 Å². The third-order valence-electron chi connectivity index (χ3n) is 3.81. The fourth-order valence-corrected chi connectivity index (χ4v) is 3.23. The number of carbonyl (C=O) groups is 1. The van der Waals surface area contributed by atoms with Crippen LogP contribution in [0.2, 0.25) is 0 Å². The average molecular weight is 435 g/mol. The normalized spacial score (nSPS) is 15.3. The molecule has 1 saturated heterocycles. The number of aromatic hydroxyl groups is 1. The van der Waals surface area contributed by atoms with Gasteiger partial charge in [-0.1, -0.05) is 15.9 Å². The minimum absolute atomic E-state index is 0.00242. The molecule has 8 heteroatoms. The molecule has 6 nitrogen and oxygen atoms in total. The van der Waals surface area contributed by atoms with Crippen molar-refractivity contribution in [2.45, 2.75) is 0 Å². The summed E-state index contributed by atoms with van der Waals surface area (Å²) in [6, 6.07) is 10.2. The molecule has 0 spiro atoms. The largest absolute Gasteiger partial charge is 0.504 e. The van der Waals surface area contributed by atoms with E-state index in [1.165, 1.54) is 18.1 Å². The standard InChI is InChI=1S/C18H15BrN2O4S/c1-24-12-5-3-11(4-6-12)21-17(23)14(20-18(21)26)7-10-8-16(25-2)15(22)9-13(10)19/h3-9,22H,1-2H3,(H,20,26). The molecule has 0 saturated carbocycles. The molecule has 1 fully saturated rings. The van der Waals surface area contributed by atoms with Gasteiger partial charge >= 0.3 is 0 Å². The van der Waals surface area contributed by atoms with Gasteiger partial charge in [-0.05, 0) is 60.3 Å². The van der Waals surface area contributed by atoms with Crippen LogP contribution in [0.5, 0.6) is 17.2 Å². The fourth-order valence-electron chi connectivity index (χ4n) is 2.49. The van der Waals surface area contributed by atoms with Gasteiger partial charge in [-0.3, -0.25) is 9.69 Å². The van der Waals surface area contributed by atoms with Gasteiger partial charge in [0.15, 0.2) is 16.6 Å². The van der Waals surface area contributed by atoms with Crippen LogP contribution in [0, 0.1) is 0 Å². The third kappa shape index (κ3) is 3.38. The van der Waals surface area contributed by atoms with E-state index in [2.05, 4.69) is 21.2 Å². The predicted octanol–water partition coefficient (Wildman–Crippen LogP) is 3.43. The number of amides is 1. The first-order valence-corrected chi connectivity index (χ1v) is 8.72. The molecule has 26 heavy (non-hydrogen) atoms. The van der Waals surface area contributed by atoms with Crippen LogP contribution in [-0.2, 0) is 4.79 Å². The molecule has 0 atom stereocenters. The third-order valence-corrected chi connectivity index (χ3v) is 4.78. The van der Waals surface area contributed by atoms with Crippen LogP contribution in [-0.4, -0.2) is 30.3 Å². The summed E-state index contributed by atoms with van der Waals surface area (Å²) in [5.41, 5.74) is 1.62. The molecule has 0 radical (unpaired) electrons. The van der Waals surface area contributed by atoms with Crippen molar-refractivity contribution in [1.29, 1.82) is 0 Å². The number of hydrogen-bond donors (Lipinski definition) is 2. The number of thiocarbonyl (C=S) groups is 1. The number of carbonyl (C=O) groups excluding carboxylic acids is 1. The number of halogens is 1. The highest BCUT2D eigenvalue weighted by atomic mass is 79.9. The number of methoxy groups -OCH3 is 2. The molecule has 1 aliphatic rings. The average Bonchev–Trinajstić information content (AvgIpc) is 2.91. The van der Waals surface area contributed by atoms with E-state index in [0.29, 0.717) is 32.9 Å². The van der Waals surface area contributed by atoms with Gasteiger partial charge in [0.05, 0.1) is 19.9 Å². The number of phenols is 1. The molecule has 0 unspecified atom stereocenters. The predicted molar refractivity (Wildman–Crippen MR) is 107 cm³/mol. The molecule has 1 amide bonds. The first kappa shape index (κ1) is 18.2. The number of ether oxygens (including phenoxy) is 2. The highest BCUT2D eigenvalue weighted by molar-refractivity contribution is 9.10. The second kappa shape index (κ2) is 7.35. The van der Waals surface area contributed by atoms with Crippen LogP contribution < -0.4 is 19.7 Å². The maximum absolute atomic E-state index is 12.8. The highest BCUT2D eigenvalue weighted by Crippen LogP contribution is 2.34. The zero-order valence-corrected chi connectivity index (χ0v) is 16.3. The van der Waals surface area contributed by atoms with Gasteiger partial charge in [0, 0.05) is 4.47 Å².